The molecule has 4 heterocycles. The molecule has 2 aromatic rings. The van der Waals surface area contributed by atoms with Crippen molar-refractivity contribution in [2.45, 2.75) is 38.3 Å². The summed E-state index contributed by atoms with van der Waals surface area (Å²) in [5.41, 5.74) is 0.701. The first-order valence-corrected chi connectivity index (χ1v) is 10.7. The van der Waals surface area contributed by atoms with E-state index in [1.54, 1.807) is 6.20 Å². The van der Waals surface area contributed by atoms with Gasteiger partial charge in [0.25, 0.3) is 5.91 Å². The van der Waals surface area contributed by atoms with Gasteiger partial charge in [-0.25, -0.2) is 4.98 Å². The van der Waals surface area contributed by atoms with Crippen molar-refractivity contribution in [2.75, 3.05) is 45.2 Å². The zero-order valence-corrected chi connectivity index (χ0v) is 17.6. The van der Waals surface area contributed by atoms with Gasteiger partial charge < -0.3 is 14.7 Å². The third-order valence-electron chi connectivity index (χ3n) is 6.44. The van der Waals surface area contributed by atoms with Gasteiger partial charge in [0, 0.05) is 57.4 Å². The summed E-state index contributed by atoms with van der Waals surface area (Å²) in [6.45, 7) is 4.65. The van der Waals surface area contributed by atoms with Crippen molar-refractivity contribution in [3.8, 4) is 0 Å². The fourth-order valence-corrected chi connectivity index (χ4v) is 4.43. The van der Waals surface area contributed by atoms with Crippen LogP contribution in [0.3, 0.4) is 0 Å². The third kappa shape index (κ3) is 4.78. The van der Waals surface area contributed by atoms with Crippen LogP contribution in [0.5, 0.6) is 0 Å². The van der Waals surface area contributed by atoms with E-state index in [9.17, 15) is 4.79 Å². The first kappa shape index (κ1) is 19.9. The Labute approximate surface area is 173 Å². The number of piperidine rings is 1. The minimum absolute atomic E-state index is 0.113. The first-order chi connectivity index (χ1) is 14.1. The largest absolute Gasteiger partial charge is 0.355 e. The molecule has 0 aromatic carbocycles. The van der Waals surface area contributed by atoms with Crippen molar-refractivity contribution in [1.82, 2.24) is 24.6 Å². The van der Waals surface area contributed by atoms with E-state index in [4.69, 9.17) is 0 Å². The van der Waals surface area contributed by atoms with E-state index in [1.807, 2.05) is 40.2 Å². The molecular weight excluding hydrogens is 364 g/mol. The molecule has 2 saturated heterocycles. The Morgan fingerprint density at radius 2 is 2.00 bits per heavy atom. The van der Waals surface area contributed by atoms with Crippen molar-refractivity contribution < 1.29 is 4.79 Å². The number of nitrogens with zero attached hydrogens (tertiary/aromatic N) is 6. The number of anilines is 1. The summed E-state index contributed by atoms with van der Waals surface area (Å²) in [5, 5.41) is 4.27. The van der Waals surface area contributed by atoms with Crippen molar-refractivity contribution >= 4 is 11.7 Å². The van der Waals surface area contributed by atoms with Gasteiger partial charge in [0.2, 0.25) is 0 Å². The summed E-state index contributed by atoms with van der Waals surface area (Å²) < 4.78 is 1.99. The number of carbonyl (C=O) groups excluding carboxylic acids is 1. The highest BCUT2D eigenvalue weighted by Crippen LogP contribution is 2.24. The molecule has 1 atom stereocenters. The molecule has 0 radical (unpaired) electrons. The molecule has 2 aliphatic rings. The summed E-state index contributed by atoms with van der Waals surface area (Å²) in [5.74, 6) is 1.76. The molecule has 0 saturated carbocycles. The topological polar surface area (TPSA) is 57.5 Å². The number of hydrogen-bond acceptors (Lipinski definition) is 5. The van der Waals surface area contributed by atoms with Crippen LogP contribution in [0.2, 0.25) is 0 Å². The van der Waals surface area contributed by atoms with Crippen LogP contribution < -0.4 is 4.90 Å². The van der Waals surface area contributed by atoms with Crippen LogP contribution in [0, 0.1) is 5.92 Å². The number of likely N-dealkylation sites (N-methyl/N-ethyl adjacent to an activating group) is 1. The zero-order chi connectivity index (χ0) is 20.2. The van der Waals surface area contributed by atoms with E-state index in [1.165, 1.54) is 0 Å². The molecule has 2 aromatic heterocycles. The minimum Gasteiger partial charge on any atom is -0.355 e. The number of aryl methyl sites for hydroxylation is 1. The fourth-order valence-electron chi connectivity index (χ4n) is 4.43. The van der Waals surface area contributed by atoms with Crippen LogP contribution in [0.1, 0.15) is 36.0 Å². The second-order valence-electron chi connectivity index (χ2n) is 8.55. The Morgan fingerprint density at radius 3 is 2.62 bits per heavy atom. The van der Waals surface area contributed by atoms with Gasteiger partial charge in [0.15, 0.2) is 0 Å². The van der Waals surface area contributed by atoms with Gasteiger partial charge >= 0.3 is 0 Å². The van der Waals surface area contributed by atoms with Gasteiger partial charge in [0.1, 0.15) is 5.82 Å². The molecule has 7 heteroatoms. The molecular formula is C22H32N6O. The highest BCUT2D eigenvalue weighted by atomic mass is 16.2. The van der Waals surface area contributed by atoms with E-state index >= 15 is 0 Å². The Balaban J connectivity index is 1.27. The van der Waals surface area contributed by atoms with E-state index < -0.39 is 0 Å². The van der Waals surface area contributed by atoms with E-state index in [2.05, 4.69) is 34.0 Å². The lowest BCUT2D eigenvalue weighted by molar-refractivity contribution is 0.0684. The lowest BCUT2D eigenvalue weighted by atomic mass is 9.93. The van der Waals surface area contributed by atoms with Gasteiger partial charge in [-0.2, -0.15) is 5.10 Å². The number of pyridine rings is 1. The van der Waals surface area contributed by atoms with Crippen LogP contribution in [0.4, 0.5) is 5.82 Å². The second-order valence-corrected chi connectivity index (χ2v) is 8.55. The van der Waals surface area contributed by atoms with Crippen LogP contribution in [-0.4, -0.2) is 76.8 Å². The van der Waals surface area contributed by atoms with Crippen LogP contribution in [0.25, 0.3) is 0 Å². The number of aromatic nitrogens is 3. The number of hydrogen-bond donors (Lipinski definition) is 0. The van der Waals surface area contributed by atoms with Gasteiger partial charge in [0.05, 0.1) is 5.56 Å². The monoisotopic (exact) mass is 396 g/mol. The van der Waals surface area contributed by atoms with Gasteiger partial charge in [-0.1, -0.05) is 0 Å². The molecule has 2 fully saturated rings. The Hall–Kier alpha value is -2.41. The summed E-state index contributed by atoms with van der Waals surface area (Å²) in [4.78, 5) is 24.0. The zero-order valence-electron chi connectivity index (χ0n) is 17.6. The van der Waals surface area contributed by atoms with Crippen LogP contribution >= 0.6 is 0 Å². The molecule has 156 valence electrons. The fraction of sp³-hybridized carbons (Fsp3) is 0.591. The molecule has 0 spiro atoms. The molecule has 0 aliphatic carbocycles. The summed E-state index contributed by atoms with van der Waals surface area (Å²) in [7, 11) is 4.26. The average molecular weight is 397 g/mol. The highest BCUT2D eigenvalue weighted by molar-refractivity contribution is 5.94. The van der Waals surface area contributed by atoms with Gasteiger partial charge in [-0.15, -0.1) is 0 Å². The lowest BCUT2D eigenvalue weighted by Gasteiger charge is -2.32. The van der Waals surface area contributed by atoms with E-state index in [0.29, 0.717) is 17.5 Å². The molecule has 29 heavy (non-hydrogen) atoms. The Bertz CT molecular complexity index is 780. The van der Waals surface area contributed by atoms with Crippen molar-refractivity contribution in [3.63, 3.8) is 0 Å². The molecule has 1 unspecified atom stereocenters. The highest BCUT2D eigenvalue weighted by Gasteiger charge is 2.26. The maximum atomic E-state index is 12.9. The SMILES string of the molecule is CN(C)C1CCN(c2ccc(C(=O)N3CCC(CCn4cccn4)CC3)cn2)C1. The number of amides is 1. The van der Waals surface area contributed by atoms with Crippen LogP contribution in [-0.2, 0) is 6.54 Å². The van der Waals surface area contributed by atoms with E-state index in [0.717, 1.165) is 64.2 Å². The lowest BCUT2D eigenvalue weighted by Crippen LogP contribution is -2.38. The maximum absolute atomic E-state index is 12.9. The number of rotatable bonds is 6. The molecule has 4 rings (SSSR count). The predicted molar refractivity (Wildman–Crippen MR) is 114 cm³/mol. The van der Waals surface area contributed by atoms with Crippen molar-refractivity contribution in [2.24, 2.45) is 5.92 Å². The van der Waals surface area contributed by atoms with Gasteiger partial charge in [-0.05, 0) is 63.9 Å². The molecule has 0 N–H and O–H groups in total. The van der Waals surface area contributed by atoms with Gasteiger partial charge in [-0.3, -0.25) is 9.48 Å². The first-order valence-electron chi connectivity index (χ1n) is 10.7. The normalized spacial score (nSPS) is 20.6. The molecule has 0 bridgehead atoms. The predicted octanol–water partition coefficient (Wildman–Crippen LogP) is 2.36. The minimum atomic E-state index is 0.113. The Kier molecular flexibility index (Phi) is 6.13. The maximum Gasteiger partial charge on any atom is 0.255 e. The molecule has 2 aliphatic heterocycles. The van der Waals surface area contributed by atoms with Crippen molar-refractivity contribution in [3.05, 3.63) is 42.4 Å². The van der Waals surface area contributed by atoms with Crippen molar-refractivity contribution in [1.29, 1.82) is 0 Å². The number of carbonyl (C=O) groups is 1. The second kappa shape index (κ2) is 8.95. The average Bonchev–Trinajstić information content (AvgIpc) is 3.44. The summed E-state index contributed by atoms with van der Waals surface area (Å²) in [6.07, 6.45) is 10.0. The molecule has 1 amide bonds. The summed E-state index contributed by atoms with van der Waals surface area (Å²) >= 11 is 0. The Morgan fingerprint density at radius 1 is 1.17 bits per heavy atom. The standard InChI is InChI=1S/C22H32N6O/c1-25(2)20-9-14-27(17-20)21-5-4-19(16-23-21)22(29)26-12-6-18(7-13-26)8-15-28-11-3-10-24-28/h3-5,10-11,16,18,20H,6-9,12-15,17H2,1-2H3. The molecule has 7 nitrogen and oxygen atoms in total. The quantitative estimate of drug-likeness (QED) is 0.750. The van der Waals surface area contributed by atoms with E-state index in [-0.39, 0.29) is 5.91 Å². The summed E-state index contributed by atoms with van der Waals surface area (Å²) in [6, 6.07) is 6.48. The number of likely N-dealkylation sites (tertiary alicyclic amines) is 1. The van der Waals surface area contributed by atoms with Crippen LogP contribution in [0.15, 0.2) is 36.8 Å². The smallest absolute Gasteiger partial charge is 0.255 e. The third-order valence-corrected chi connectivity index (χ3v) is 6.44.